The Morgan fingerprint density at radius 2 is 1.90 bits per heavy atom. The second-order valence-corrected chi connectivity index (χ2v) is 6.46. The molecule has 0 bridgehead atoms. The molecule has 4 heteroatoms. The topological polar surface area (TPSA) is 43.3 Å². The van der Waals surface area contributed by atoms with Crippen LogP contribution in [0.25, 0.3) is 16.2 Å². The van der Waals surface area contributed by atoms with E-state index >= 15 is 0 Å². The number of fused-ring (bicyclic) bond motifs is 1. The van der Waals surface area contributed by atoms with E-state index in [-0.39, 0.29) is 0 Å². The second kappa shape index (κ2) is 5.62. The fraction of sp³-hybridized carbons (Fsp3) is 0.353. The minimum absolute atomic E-state index is 0.652. The SMILES string of the molecule is CCc1sc2nc(C)c(CCN)n2c1-c1ccc(C)cc1. The molecule has 0 aliphatic carbocycles. The first-order valence-electron chi connectivity index (χ1n) is 7.42. The van der Waals surface area contributed by atoms with Gasteiger partial charge in [0.15, 0.2) is 4.96 Å². The van der Waals surface area contributed by atoms with Crippen LogP contribution in [0, 0.1) is 13.8 Å². The van der Waals surface area contributed by atoms with Crippen molar-refractivity contribution < 1.29 is 0 Å². The molecule has 0 aliphatic heterocycles. The summed E-state index contributed by atoms with van der Waals surface area (Å²) in [6.45, 7) is 7.06. The van der Waals surface area contributed by atoms with Crippen molar-refractivity contribution in [1.29, 1.82) is 0 Å². The van der Waals surface area contributed by atoms with E-state index in [2.05, 4.69) is 49.4 Å². The van der Waals surface area contributed by atoms with Gasteiger partial charge in [-0.3, -0.25) is 4.40 Å². The van der Waals surface area contributed by atoms with Gasteiger partial charge in [-0.1, -0.05) is 36.8 Å². The zero-order valence-corrected chi connectivity index (χ0v) is 13.6. The van der Waals surface area contributed by atoms with Crippen molar-refractivity contribution >= 4 is 16.3 Å². The molecule has 0 amide bonds. The van der Waals surface area contributed by atoms with Gasteiger partial charge in [0.05, 0.1) is 11.4 Å². The van der Waals surface area contributed by atoms with Crippen LogP contribution in [0.5, 0.6) is 0 Å². The summed E-state index contributed by atoms with van der Waals surface area (Å²) in [6, 6.07) is 8.75. The van der Waals surface area contributed by atoms with Crippen LogP contribution in [0.1, 0.15) is 28.8 Å². The maximum absolute atomic E-state index is 5.79. The number of hydrogen-bond donors (Lipinski definition) is 1. The summed E-state index contributed by atoms with van der Waals surface area (Å²) in [4.78, 5) is 7.20. The lowest BCUT2D eigenvalue weighted by atomic mass is 10.1. The largest absolute Gasteiger partial charge is 0.330 e. The summed E-state index contributed by atoms with van der Waals surface area (Å²) in [7, 11) is 0. The monoisotopic (exact) mass is 299 g/mol. The summed E-state index contributed by atoms with van der Waals surface area (Å²) < 4.78 is 2.32. The number of nitrogens with two attached hydrogens (primary N) is 1. The van der Waals surface area contributed by atoms with Gasteiger partial charge >= 0.3 is 0 Å². The molecule has 0 fully saturated rings. The number of aryl methyl sites for hydroxylation is 3. The van der Waals surface area contributed by atoms with Crippen molar-refractivity contribution in [3.63, 3.8) is 0 Å². The van der Waals surface area contributed by atoms with Gasteiger partial charge in [0.2, 0.25) is 0 Å². The summed E-state index contributed by atoms with van der Waals surface area (Å²) in [5.74, 6) is 0. The molecule has 2 N–H and O–H groups in total. The molecule has 0 radical (unpaired) electrons. The van der Waals surface area contributed by atoms with Crippen LogP contribution in [0.4, 0.5) is 0 Å². The van der Waals surface area contributed by atoms with E-state index in [1.54, 1.807) is 11.3 Å². The molecule has 110 valence electrons. The van der Waals surface area contributed by atoms with Gasteiger partial charge in [0.1, 0.15) is 0 Å². The Bertz CT molecular complexity index is 766. The van der Waals surface area contributed by atoms with Gasteiger partial charge in [0.25, 0.3) is 0 Å². The van der Waals surface area contributed by atoms with Crippen LogP contribution in [0.2, 0.25) is 0 Å². The maximum atomic E-state index is 5.79. The maximum Gasteiger partial charge on any atom is 0.194 e. The van der Waals surface area contributed by atoms with Crippen LogP contribution in [-0.4, -0.2) is 15.9 Å². The summed E-state index contributed by atoms with van der Waals surface area (Å²) in [5.41, 5.74) is 12.0. The highest BCUT2D eigenvalue weighted by Gasteiger charge is 2.18. The van der Waals surface area contributed by atoms with Gasteiger partial charge in [-0.05, 0) is 32.4 Å². The van der Waals surface area contributed by atoms with Crippen LogP contribution in [0.3, 0.4) is 0 Å². The van der Waals surface area contributed by atoms with Gasteiger partial charge in [-0.15, -0.1) is 11.3 Å². The van der Waals surface area contributed by atoms with Crippen molar-refractivity contribution in [2.45, 2.75) is 33.6 Å². The van der Waals surface area contributed by atoms with E-state index < -0.39 is 0 Å². The molecule has 0 saturated carbocycles. The van der Waals surface area contributed by atoms with Crippen molar-refractivity contribution in [1.82, 2.24) is 9.38 Å². The molecule has 0 aliphatic rings. The van der Waals surface area contributed by atoms with E-state index in [9.17, 15) is 0 Å². The average molecular weight is 299 g/mol. The highest BCUT2D eigenvalue weighted by molar-refractivity contribution is 7.17. The Morgan fingerprint density at radius 3 is 2.52 bits per heavy atom. The third kappa shape index (κ3) is 2.39. The molecule has 0 atom stereocenters. The standard InChI is InChI=1S/C17H21N3S/c1-4-15-16(13-7-5-11(2)6-8-13)20-14(9-10-18)12(3)19-17(20)21-15/h5-8H,4,9-10,18H2,1-3H3. The van der Waals surface area contributed by atoms with E-state index in [0.29, 0.717) is 6.54 Å². The van der Waals surface area contributed by atoms with E-state index in [1.807, 2.05) is 0 Å². The first-order chi connectivity index (χ1) is 10.2. The fourth-order valence-corrected chi connectivity index (χ4v) is 3.93. The number of benzene rings is 1. The smallest absolute Gasteiger partial charge is 0.194 e. The Labute approximate surface area is 129 Å². The van der Waals surface area contributed by atoms with Crippen molar-refractivity contribution in [3.05, 3.63) is 46.1 Å². The van der Waals surface area contributed by atoms with Gasteiger partial charge < -0.3 is 5.73 Å². The third-order valence-electron chi connectivity index (χ3n) is 3.87. The zero-order valence-electron chi connectivity index (χ0n) is 12.8. The fourth-order valence-electron chi connectivity index (χ4n) is 2.79. The normalized spacial score (nSPS) is 11.4. The highest BCUT2D eigenvalue weighted by Crippen LogP contribution is 2.34. The van der Waals surface area contributed by atoms with Gasteiger partial charge in [0, 0.05) is 17.0 Å². The average Bonchev–Trinajstić information content (AvgIpc) is 2.97. The molecule has 3 aromatic rings. The lowest BCUT2D eigenvalue weighted by Gasteiger charge is -2.08. The predicted molar refractivity (Wildman–Crippen MR) is 90.1 cm³/mol. The lowest BCUT2D eigenvalue weighted by molar-refractivity contribution is 0.897. The zero-order chi connectivity index (χ0) is 15.0. The molecule has 0 spiro atoms. The number of nitrogens with zero attached hydrogens (tertiary/aromatic N) is 2. The minimum atomic E-state index is 0.652. The van der Waals surface area contributed by atoms with Crippen molar-refractivity contribution in [2.24, 2.45) is 5.73 Å². The summed E-state index contributed by atoms with van der Waals surface area (Å²) >= 11 is 1.79. The van der Waals surface area contributed by atoms with Crippen LogP contribution in [-0.2, 0) is 12.8 Å². The van der Waals surface area contributed by atoms with E-state index in [0.717, 1.165) is 23.5 Å². The first kappa shape index (κ1) is 14.3. The summed E-state index contributed by atoms with van der Waals surface area (Å²) in [5, 5.41) is 0. The van der Waals surface area contributed by atoms with Crippen LogP contribution >= 0.6 is 11.3 Å². The second-order valence-electron chi connectivity index (χ2n) is 5.39. The van der Waals surface area contributed by atoms with Crippen molar-refractivity contribution in [2.75, 3.05) is 6.54 Å². The van der Waals surface area contributed by atoms with E-state index in [1.165, 1.54) is 27.4 Å². The number of thiazole rings is 1. The predicted octanol–water partition coefficient (Wildman–Crippen LogP) is 3.74. The van der Waals surface area contributed by atoms with Gasteiger partial charge in [-0.2, -0.15) is 0 Å². The van der Waals surface area contributed by atoms with Gasteiger partial charge in [-0.25, -0.2) is 4.98 Å². The summed E-state index contributed by atoms with van der Waals surface area (Å²) in [6.07, 6.45) is 1.89. The van der Waals surface area contributed by atoms with Crippen molar-refractivity contribution in [3.8, 4) is 11.3 Å². The molecular weight excluding hydrogens is 278 g/mol. The highest BCUT2D eigenvalue weighted by atomic mass is 32.1. The lowest BCUT2D eigenvalue weighted by Crippen LogP contribution is -2.07. The number of hydrogen-bond acceptors (Lipinski definition) is 3. The quantitative estimate of drug-likeness (QED) is 0.797. The Morgan fingerprint density at radius 1 is 1.19 bits per heavy atom. The minimum Gasteiger partial charge on any atom is -0.330 e. The van der Waals surface area contributed by atoms with Crippen LogP contribution < -0.4 is 5.73 Å². The molecule has 2 aromatic heterocycles. The molecule has 2 heterocycles. The van der Waals surface area contributed by atoms with Crippen LogP contribution in [0.15, 0.2) is 24.3 Å². The molecule has 1 aromatic carbocycles. The number of aromatic nitrogens is 2. The Hall–Kier alpha value is -1.65. The first-order valence-corrected chi connectivity index (χ1v) is 8.24. The van der Waals surface area contributed by atoms with E-state index in [4.69, 9.17) is 10.7 Å². The number of rotatable bonds is 4. The molecule has 3 nitrogen and oxygen atoms in total. The molecule has 0 unspecified atom stereocenters. The third-order valence-corrected chi connectivity index (χ3v) is 5.06. The Balaban J connectivity index is 2.29. The molecule has 21 heavy (non-hydrogen) atoms. The number of imidazole rings is 1. The molecule has 3 rings (SSSR count). The molecular formula is C17H21N3S. The Kier molecular flexibility index (Phi) is 3.83. The molecule has 0 saturated heterocycles.